The molecule has 0 aliphatic heterocycles. The van der Waals surface area contributed by atoms with Gasteiger partial charge in [0.15, 0.2) is 0 Å². The second-order valence-corrected chi connectivity index (χ2v) is 8.91. The van der Waals surface area contributed by atoms with Gasteiger partial charge in [-0.25, -0.2) is 0 Å². The topological polar surface area (TPSA) is 55.1 Å². The normalized spacial score (nSPS) is 40.5. The zero-order chi connectivity index (χ0) is 15.2. The van der Waals surface area contributed by atoms with E-state index in [9.17, 15) is 4.79 Å². The van der Waals surface area contributed by atoms with Crippen LogP contribution in [0.1, 0.15) is 70.6 Å². The number of halogens is 1. The Labute approximate surface area is 146 Å². The first-order valence-electron chi connectivity index (χ1n) is 9.69. The lowest BCUT2D eigenvalue weighted by atomic mass is 9.49. The van der Waals surface area contributed by atoms with Crippen molar-refractivity contribution >= 4 is 18.3 Å². The van der Waals surface area contributed by atoms with Crippen LogP contribution in [0.15, 0.2) is 0 Å². The average Bonchev–Trinajstić information content (AvgIpc) is 2.52. The molecule has 0 spiro atoms. The molecule has 5 aliphatic rings. The van der Waals surface area contributed by atoms with E-state index in [0.717, 1.165) is 37.0 Å². The van der Waals surface area contributed by atoms with Crippen LogP contribution in [0.2, 0.25) is 0 Å². The zero-order valence-corrected chi connectivity index (χ0v) is 15.1. The summed E-state index contributed by atoms with van der Waals surface area (Å²) in [4.78, 5) is 13.1. The molecule has 5 rings (SSSR count). The van der Waals surface area contributed by atoms with Gasteiger partial charge in [0, 0.05) is 18.0 Å². The molecule has 5 aliphatic carbocycles. The molecule has 4 heteroatoms. The van der Waals surface area contributed by atoms with Gasteiger partial charge in [0.05, 0.1) is 0 Å². The van der Waals surface area contributed by atoms with E-state index in [1.165, 1.54) is 51.4 Å². The van der Waals surface area contributed by atoms with Crippen molar-refractivity contribution in [1.29, 1.82) is 0 Å². The molecule has 3 N–H and O–H groups in total. The van der Waals surface area contributed by atoms with Crippen LogP contribution in [-0.4, -0.2) is 18.5 Å². The molecular weight excluding hydrogens is 308 g/mol. The third-order valence-corrected chi connectivity index (χ3v) is 7.31. The zero-order valence-electron chi connectivity index (χ0n) is 14.3. The van der Waals surface area contributed by atoms with E-state index in [0.29, 0.717) is 18.4 Å². The first kappa shape index (κ1) is 17.5. The van der Waals surface area contributed by atoms with Crippen LogP contribution >= 0.6 is 12.4 Å². The maximum atomic E-state index is 13.1. The Morgan fingerprint density at radius 1 is 1.00 bits per heavy atom. The largest absolute Gasteiger partial charge is 0.351 e. The van der Waals surface area contributed by atoms with Crippen molar-refractivity contribution in [2.24, 2.45) is 34.8 Å². The lowest BCUT2D eigenvalue weighted by Crippen LogP contribution is -2.57. The molecule has 1 amide bonds. The van der Waals surface area contributed by atoms with E-state index < -0.39 is 0 Å². The molecule has 5 saturated carbocycles. The Kier molecular flexibility index (Phi) is 5.27. The fraction of sp³-hybridized carbons (Fsp3) is 0.947. The number of amides is 1. The molecule has 1 unspecified atom stereocenters. The molecule has 0 aromatic rings. The van der Waals surface area contributed by atoms with Crippen LogP contribution in [0.3, 0.4) is 0 Å². The molecule has 4 bridgehead atoms. The van der Waals surface area contributed by atoms with Crippen molar-refractivity contribution in [2.45, 2.75) is 76.7 Å². The first-order valence-corrected chi connectivity index (χ1v) is 9.69. The molecule has 0 saturated heterocycles. The highest BCUT2D eigenvalue weighted by atomic mass is 35.5. The van der Waals surface area contributed by atoms with Crippen LogP contribution < -0.4 is 11.1 Å². The molecule has 3 nitrogen and oxygen atoms in total. The smallest absolute Gasteiger partial charge is 0.226 e. The predicted octanol–water partition coefficient (Wildman–Crippen LogP) is 3.65. The summed E-state index contributed by atoms with van der Waals surface area (Å²) >= 11 is 0. The van der Waals surface area contributed by atoms with Gasteiger partial charge in [0.2, 0.25) is 5.91 Å². The number of carbonyl (C=O) groups excluding carboxylic acids is 1. The Bertz CT molecular complexity index is 398. The van der Waals surface area contributed by atoms with Crippen LogP contribution in [-0.2, 0) is 4.79 Å². The molecule has 5 fully saturated rings. The van der Waals surface area contributed by atoms with Gasteiger partial charge in [-0.05, 0) is 75.0 Å². The van der Waals surface area contributed by atoms with Gasteiger partial charge in [0.25, 0.3) is 0 Å². The first-order chi connectivity index (χ1) is 10.7. The van der Waals surface area contributed by atoms with E-state index >= 15 is 0 Å². The Morgan fingerprint density at radius 2 is 1.52 bits per heavy atom. The minimum Gasteiger partial charge on any atom is -0.351 e. The number of rotatable bonds is 4. The summed E-state index contributed by atoms with van der Waals surface area (Å²) in [6.07, 6.45) is 14.2. The minimum absolute atomic E-state index is 0. The molecule has 1 atom stereocenters. The van der Waals surface area contributed by atoms with Crippen molar-refractivity contribution in [3.05, 3.63) is 0 Å². The summed E-state index contributed by atoms with van der Waals surface area (Å²) in [7, 11) is 0. The third-order valence-electron chi connectivity index (χ3n) is 7.31. The fourth-order valence-electron chi connectivity index (χ4n) is 6.62. The average molecular weight is 341 g/mol. The van der Waals surface area contributed by atoms with Crippen molar-refractivity contribution in [3.8, 4) is 0 Å². The van der Waals surface area contributed by atoms with E-state index in [1.807, 2.05) is 0 Å². The standard InChI is InChI=1S/C19H32N2O.ClH/c20-12-17(16-4-2-1-3-5-16)21-18(22)19-9-13-6-14(10-19)8-15(7-13)11-19;/h13-17H,1-12,20H2,(H,21,22);1H. The van der Waals surface area contributed by atoms with Crippen molar-refractivity contribution < 1.29 is 4.79 Å². The van der Waals surface area contributed by atoms with Gasteiger partial charge in [-0.15, -0.1) is 12.4 Å². The summed E-state index contributed by atoms with van der Waals surface area (Å²) in [6.45, 7) is 0.614. The van der Waals surface area contributed by atoms with E-state index in [4.69, 9.17) is 5.73 Å². The van der Waals surface area contributed by atoms with Crippen LogP contribution in [0.5, 0.6) is 0 Å². The van der Waals surface area contributed by atoms with Gasteiger partial charge < -0.3 is 11.1 Å². The number of nitrogens with one attached hydrogen (secondary N) is 1. The SMILES string of the molecule is Cl.NCC(NC(=O)C12CC3CC(CC(C3)C1)C2)C1CCCCC1. The summed E-state index contributed by atoms with van der Waals surface area (Å²) in [6, 6.07) is 0.223. The lowest BCUT2D eigenvalue weighted by Gasteiger charge is -2.56. The van der Waals surface area contributed by atoms with Crippen molar-refractivity contribution in [3.63, 3.8) is 0 Å². The molecule has 0 aromatic heterocycles. The van der Waals surface area contributed by atoms with Gasteiger partial charge >= 0.3 is 0 Å². The van der Waals surface area contributed by atoms with Gasteiger partial charge in [0.1, 0.15) is 0 Å². The molecule has 0 aromatic carbocycles. The second-order valence-electron chi connectivity index (χ2n) is 8.91. The predicted molar refractivity (Wildman–Crippen MR) is 95.4 cm³/mol. The highest BCUT2D eigenvalue weighted by Crippen LogP contribution is 2.60. The van der Waals surface area contributed by atoms with Crippen molar-refractivity contribution in [2.75, 3.05) is 6.54 Å². The van der Waals surface area contributed by atoms with Crippen LogP contribution in [0, 0.1) is 29.1 Å². The number of nitrogens with two attached hydrogens (primary N) is 1. The maximum Gasteiger partial charge on any atom is 0.226 e. The summed E-state index contributed by atoms with van der Waals surface area (Å²) < 4.78 is 0. The lowest BCUT2D eigenvalue weighted by molar-refractivity contribution is -0.147. The van der Waals surface area contributed by atoms with Gasteiger partial charge in [-0.3, -0.25) is 4.79 Å². The Hall–Kier alpha value is -0.280. The van der Waals surface area contributed by atoms with Gasteiger partial charge in [-0.1, -0.05) is 19.3 Å². The number of carbonyl (C=O) groups is 1. The van der Waals surface area contributed by atoms with E-state index in [2.05, 4.69) is 5.32 Å². The second kappa shape index (κ2) is 6.92. The Balaban J connectivity index is 0.00000156. The van der Waals surface area contributed by atoms with Crippen molar-refractivity contribution in [1.82, 2.24) is 5.32 Å². The minimum atomic E-state index is -0.0170. The third kappa shape index (κ3) is 3.28. The number of hydrogen-bond acceptors (Lipinski definition) is 2. The highest BCUT2D eigenvalue weighted by Gasteiger charge is 2.54. The van der Waals surface area contributed by atoms with Gasteiger partial charge in [-0.2, -0.15) is 0 Å². The fourth-order valence-corrected chi connectivity index (χ4v) is 6.62. The summed E-state index contributed by atoms with van der Waals surface area (Å²) in [5, 5.41) is 3.43. The Morgan fingerprint density at radius 3 is 2.00 bits per heavy atom. The molecular formula is C19H33ClN2O. The summed E-state index contributed by atoms with van der Waals surface area (Å²) in [5.74, 6) is 3.50. The number of hydrogen-bond donors (Lipinski definition) is 2. The van der Waals surface area contributed by atoms with Crippen LogP contribution in [0.25, 0.3) is 0 Å². The molecule has 132 valence electrons. The quantitative estimate of drug-likeness (QED) is 0.820. The molecule has 0 heterocycles. The molecule has 23 heavy (non-hydrogen) atoms. The van der Waals surface area contributed by atoms with E-state index in [-0.39, 0.29) is 23.9 Å². The van der Waals surface area contributed by atoms with E-state index in [1.54, 1.807) is 0 Å². The summed E-state index contributed by atoms with van der Waals surface area (Å²) in [5.41, 5.74) is 6.01. The monoisotopic (exact) mass is 340 g/mol. The van der Waals surface area contributed by atoms with Crippen LogP contribution in [0.4, 0.5) is 0 Å². The molecule has 0 radical (unpaired) electrons. The maximum absolute atomic E-state index is 13.1. The highest BCUT2D eigenvalue weighted by molar-refractivity contribution is 5.85.